The van der Waals surface area contributed by atoms with E-state index in [4.69, 9.17) is 5.73 Å². The molecule has 1 fully saturated rings. The summed E-state index contributed by atoms with van der Waals surface area (Å²) in [6.07, 6.45) is 1.95. The fourth-order valence-corrected chi connectivity index (χ4v) is 3.37. The molecule has 0 saturated heterocycles. The highest BCUT2D eigenvalue weighted by atomic mass is 19.1. The molecule has 8 heteroatoms. The minimum Gasteiger partial charge on any atom is -0.368 e. The molecule has 0 spiro atoms. The third-order valence-corrected chi connectivity index (χ3v) is 4.62. The molecule has 2 rings (SSSR count). The maximum absolute atomic E-state index is 13.4. The van der Waals surface area contributed by atoms with Crippen LogP contribution in [0.15, 0.2) is 24.3 Å². The van der Waals surface area contributed by atoms with Crippen molar-refractivity contribution in [3.05, 3.63) is 35.6 Å². The number of nitrogens with one attached hydrogen (secondary N) is 2. The Balaban J connectivity index is 2.13. The van der Waals surface area contributed by atoms with E-state index in [1.54, 1.807) is 6.07 Å². The topological polar surface area (TPSA) is 118 Å². The molecule has 0 aromatic heterocycles. The monoisotopic (exact) mass is 377 g/mol. The Morgan fingerprint density at radius 1 is 1.30 bits per heavy atom. The predicted molar refractivity (Wildman–Crippen MR) is 95.8 cm³/mol. The zero-order valence-electron chi connectivity index (χ0n) is 15.2. The number of carbonyl (C=O) groups is 4. The van der Waals surface area contributed by atoms with Gasteiger partial charge in [-0.25, -0.2) is 4.39 Å². The van der Waals surface area contributed by atoms with Crippen LogP contribution in [0.25, 0.3) is 0 Å². The number of halogens is 1. The lowest BCUT2D eigenvalue weighted by Gasteiger charge is -2.29. The van der Waals surface area contributed by atoms with Crippen molar-refractivity contribution in [2.24, 2.45) is 11.7 Å². The van der Waals surface area contributed by atoms with E-state index < -0.39 is 35.6 Å². The smallest absolute Gasteiger partial charge is 0.243 e. The molecule has 7 nitrogen and oxygen atoms in total. The number of ketones is 1. The Hall–Kier alpha value is -2.77. The molecule has 1 aromatic rings. The number of benzene rings is 1. The fraction of sp³-hybridized carbons (Fsp3) is 0.474. The standard InChI is InChI=1S/C19H24FN3O4/c1-11(24)22-16(9-12-4-2-6-14(20)8-12)19(27)23-17(18(21)26)13-5-3-7-15(25)10-13/h2,4,6,8,13,16-17H,3,5,7,9-10H2,1H3,(H2,21,26)(H,22,24)(H,23,27)/t13-,16-,17+/m0/s1. The molecule has 0 bridgehead atoms. The zero-order chi connectivity index (χ0) is 20.0. The average Bonchev–Trinajstić information content (AvgIpc) is 2.58. The number of hydrogen-bond acceptors (Lipinski definition) is 4. The second kappa shape index (κ2) is 9.25. The van der Waals surface area contributed by atoms with Gasteiger partial charge in [0.2, 0.25) is 17.7 Å². The Kier molecular flexibility index (Phi) is 7.04. The largest absolute Gasteiger partial charge is 0.368 e. The van der Waals surface area contributed by atoms with Gasteiger partial charge in [0.25, 0.3) is 0 Å². The molecule has 0 heterocycles. The first kappa shape index (κ1) is 20.5. The first-order valence-electron chi connectivity index (χ1n) is 8.89. The van der Waals surface area contributed by atoms with Crippen LogP contribution in [0.1, 0.15) is 38.2 Å². The van der Waals surface area contributed by atoms with Gasteiger partial charge in [0, 0.05) is 26.2 Å². The molecular formula is C19H24FN3O4. The second-order valence-corrected chi connectivity index (χ2v) is 6.87. The highest BCUT2D eigenvalue weighted by molar-refractivity contribution is 5.92. The fourth-order valence-electron chi connectivity index (χ4n) is 3.37. The lowest BCUT2D eigenvalue weighted by atomic mass is 9.82. The third-order valence-electron chi connectivity index (χ3n) is 4.62. The van der Waals surface area contributed by atoms with Crippen LogP contribution >= 0.6 is 0 Å². The van der Waals surface area contributed by atoms with Gasteiger partial charge in [0.05, 0.1) is 0 Å². The van der Waals surface area contributed by atoms with E-state index in [1.807, 2.05) is 0 Å². The normalized spacial score (nSPS) is 19.0. The summed E-state index contributed by atoms with van der Waals surface area (Å²) in [7, 11) is 0. The summed E-state index contributed by atoms with van der Waals surface area (Å²) in [5, 5.41) is 5.08. The van der Waals surface area contributed by atoms with Crippen molar-refractivity contribution < 1.29 is 23.6 Å². The van der Waals surface area contributed by atoms with Gasteiger partial charge < -0.3 is 16.4 Å². The van der Waals surface area contributed by atoms with E-state index in [0.717, 1.165) is 0 Å². The molecule has 4 N–H and O–H groups in total. The number of rotatable bonds is 7. The highest BCUT2D eigenvalue weighted by Gasteiger charge is 2.33. The third kappa shape index (κ3) is 6.16. The van der Waals surface area contributed by atoms with Crippen LogP contribution in [0.2, 0.25) is 0 Å². The van der Waals surface area contributed by atoms with Gasteiger partial charge in [0.15, 0.2) is 0 Å². The van der Waals surface area contributed by atoms with Crippen LogP contribution in [-0.2, 0) is 25.6 Å². The summed E-state index contributed by atoms with van der Waals surface area (Å²) >= 11 is 0. The molecule has 0 aliphatic heterocycles. The molecule has 1 saturated carbocycles. The molecule has 1 aliphatic carbocycles. The Bertz CT molecular complexity index is 737. The van der Waals surface area contributed by atoms with Crippen molar-refractivity contribution in [1.29, 1.82) is 0 Å². The maximum atomic E-state index is 13.4. The number of primary amides is 1. The summed E-state index contributed by atoms with van der Waals surface area (Å²) in [6.45, 7) is 1.26. The molecule has 3 amide bonds. The Morgan fingerprint density at radius 2 is 2.04 bits per heavy atom. The summed E-state index contributed by atoms with van der Waals surface area (Å²) in [6, 6.07) is 3.70. The second-order valence-electron chi connectivity index (χ2n) is 6.87. The number of nitrogens with two attached hydrogens (primary N) is 1. The van der Waals surface area contributed by atoms with Crippen molar-refractivity contribution >= 4 is 23.5 Å². The van der Waals surface area contributed by atoms with Crippen LogP contribution in [-0.4, -0.2) is 35.6 Å². The van der Waals surface area contributed by atoms with Gasteiger partial charge in [-0.3, -0.25) is 19.2 Å². The first-order valence-corrected chi connectivity index (χ1v) is 8.89. The lowest BCUT2D eigenvalue weighted by Crippen LogP contribution is -2.56. The Morgan fingerprint density at radius 3 is 2.63 bits per heavy atom. The zero-order valence-corrected chi connectivity index (χ0v) is 15.2. The number of Topliss-reactive ketones (excluding diaryl/α,β-unsaturated/α-hetero) is 1. The summed E-state index contributed by atoms with van der Waals surface area (Å²) < 4.78 is 13.4. The lowest BCUT2D eigenvalue weighted by molar-refractivity contribution is -0.132. The van der Waals surface area contributed by atoms with Crippen LogP contribution in [0.3, 0.4) is 0 Å². The molecule has 146 valence electrons. The quantitative estimate of drug-likeness (QED) is 0.645. The van der Waals surface area contributed by atoms with Gasteiger partial charge in [-0.05, 0) is 36.5 Å². The molecule has 0 radical (unpaired) electrons. The van der Waals surface area contributed by atoms with Crippen LogP contribution in [0.5, 0.6) is 0 Å². The predicted octanol–water partition coefficient (Wildman–Crippen LogP) is 0.602. The average molecular weight is 377 g/mol. The van der Waals surface area contributed by atoms with E-state index in [1.165, 1.54) is 25.1 Å². The molecule has 0 unspecified atom stereocenters. The van der Waals surface area contributed by atoms with Gasteiger partial charge in [-0.2, -0.15) is 0 Å². The number of carbonyl (C=O) groups excluding carboxylic acids is 4. The molecule has 1 aromatic carbocycles. The molecule has 1 aliphatic rings. The summed E-state index contributed by atoms with van der Waals surface area (Å²) in [4.78, 5) is 47.7. The SMILES string of the molecule is CC(=O)N[C@@H](Cc1cccc(F)c1)C(=O)N[C@@H](C(N)=O)[C@H]1CCCC(=O)C1. The van der Waals surface area contributed by atoms with Gasteiger partial charge in [0.1, 0.15) is 23.7 Å². The Labute approximate surface area is 156 Å². The van der Waals surface area contributed by atoms with Crippen molar-refractivity contribution in [1.82, 2.24) is 10.6 Å². The van der Waals surface area contributed by atoms with Crippen molar-refractivity contribution in [2.75, 3.05) is 0 Å². The molecule has 27 heavy (non-hydrogen) atoms. The minimum atomic E-state index is -0.995. The van der Waals surface area contributed by atoms with E-state index in [0.29, 0.717) is 24.8 Å². The van der Waals surface area contributed by atoms with Crippen LogP contribution < -0.4 is 16.4 Å². The van der Waals surface area contributed by atoms with Crippen LogP contribution in [0.4, 0.5) is 4.39 Å². The van der Waals surface area contributed by atoms with E-state index in [9.17, 15) is 23.6 Å². The van der Waals surface area contributed by atoms with Crippen molar-refractivity contribution in [2.45, 2.75) is 51.1 Å². The van der Waals surface area contributed by atoms with Crippen molar-refractivity contribution in [3.8, 4) is 0 Å². The summed E-state index contributed by atoms with van der Waals surface area (Å²) in [5.41, 5.74) is 5.95. The van der Waals surface area contributed by atoms with Crippen molar-refractivity contribution in [3.63, 3.8) is 0 Å². The highest BCUT2D eigenvalue weighted by Crippen LogP contribution is 2.24. The number of amides is 3. The maximum Gasteiger partial charge on any atom is 0.243 e. The summed E-state index contributed by atoms with van der Waals surface area (Å²) in [5.74, 6) is -2.54. The molecular weight excluding hydrogens is 353 g/mol. The number of hydrogen-bond donors (Lipinski definition) is 3. The van der Waals surface area contributed by atoms with E-state index in [-0.39, 0.29) is 24.5 Å². The van der Waals surface area contributed by atoms with Crippen LogP contribution in [0, 0.1) is 11.7 Å². The van der Waals surface area contributed by atoms with Gasteiger partial charge >= 0.3 is 0 Å². The van der Waals surface area contributed by atoms with E-state index in [2.05, 4.69) is 10.6 Å². The van der Waals surface area contributed by atoms with Gasteiger partial charge in [-0.15, -0.1) is 0 Å². The molecule has 3 atom stereocenters. The minimum absolute atomic E-state index is 0.0323. The first-order chi connectivity index (χ1) is 12.8. The van der Waals surface area contributed by atoms with Gasteiger partial charge in [-0.1, -0.05) is 12.1 Å². The van der Waals surface area contributed by atoms with E-state index >= 15 is 0 Å².